The smallest absolute Gasteiger partial charge is 0.326 e. The van der Waals surface area contributed by atoms with Crippen LogP contribution in [-0.4, -0.2) is 83.9 Å². The van der Waals surface area contributed by atoms with Gasteiger partial charge in [-0.15, -0.1) is 0 Å². The molecule has 40 heavy (non-hydrogen) atoms. The van der Waals surface area contributed by atoms with E-state index in [9.17, 15) is 29.1 Å². The van der Waals surface area contributed by atoms with Gasteiger partial charge in [0.05, 0.1) is 6.04 Å². The maximum atomic E-state index is 13.4. The number of carbonyl (C=O) groups is 5. The molecule has 0 rings (SSSR count). The van der Waals surface area contributed by atoms with Gasteiger partial charge < -0.3 is 31.3 Å². The number of hydrogen-bond acceptors (Lipinski definition) is 6. The zero-order valence-electron chi connectivity index (χ0n) is 26.5. The van der Waals surface area contributed by atoms with E-state index in [4.69, 9.17) is 0 Å². The molecule has 0 radical (unpaired) electrons. The van der Waals surface area contributed by atoms with Crippen molar-refractivity contribution in [2.75, 3.05) is 14.1 Å². The van der Waals surface area contributed by atoms with Crippen molar-refractivity contribution in [2.24, 2.45) is 23.7 Å². The first kappa shape index (κ1) is 37.3. The van der Waals surface area contributed by atoms with Gasteiger partial charge >= 0.3 is 5.97 Å². The fraction of sp³-hybridized carbons (Fsp3) is 0.828. The minimum atomic E-state index is -1.13. The summed E-state index contributed by atoms with van der Waals surface area (Å²) < 4.78 is 0. The molecular formula is C29H55N5O6. The molecule has 232 valence electrons. The van der Waals surface area contributed by atoms with Gasteiger partial charge in [0, 0.05) is 7.05 Å². The van der Waals surface area contributed by atoms with Crippen molar-refractivity contribution in [3.8, 4) is 0 Å². The molecule has 0 saturated heterocycles. The summed E-state index contributed by atoms with van der Waals surface area (Å²) in [7, 11) is 3.18. The Morgan fingerprint density at radius 2 is 1.00 bits per heavy atom. The van der Waals surface area contributed by atoms with E-state index in [0.717, 1.165) is 0 Å². The number of likely N-dealkylation sites (N-methyl/N-ethyl adjacent to an activating group) is 2. The summed E-state index contributed by atoms with van der Waals surface area (Å²) in [5.74, 6) is -2.47. The average molecular weight is 570 g/mol. The fourth-order valence-electron chi connectivity index (χ4n) is 4.49. The molecule has 4 amide bonds. The van der Waals surface area contributed by atoms with Crippen LogP contribution in [0.4, 0.5) is 0 Å². The molecule has 0 aliphatic rings. The molecule has 0 bridgehead atoms. The zero-order valence-corrected chi connectivity index (χ0v) is 26.5. The van der Waals surface area contributed by atoms with Crippen LogP contribution in [0.25, 0.3) is 0 Å². The number of carbonyl (C=O) groups excluding carboxylic acids is 4. The summed E-state index contributed by atoms with van der Waals surface area (Å²) >= 11 is 0. The van der Waals surface area contributed by atoms with Gasteiger partial charge in [0.25, 0.3) is 0 Å². The Bertz CT molecular complexity index is 845. The minimum Gasteiger partial charge on any atom is -0.480 e. The monoisotopic (exact) mass is 569 g/mol. The van der Waals surface area contributed by atoms with Crippen molar-refractivity contribution in [2.45, 2.75) is 118 Å². The first-order valence-corrected chi connectivity index (χ1v) is 14.5. The number of aliphatic carboxylic acids is 1. The zero-order chi connectivity index (χ0) is 31.3. The van der Waals surface area contributed by atoms with Crippen LogP contribution in [0.15, 0.2) is 0 Å². The van der Waals surface area contributed by atoms with Gasteiger partial charge in [0.2, 0.25) is 23.6 Å². The summed E-state index contributed by atoms with van der Waals surface area (Å²) in [6, 6.07) is -4.25. The Balaban J connectivity index is 5.68. The first-order chi connectivity index (χ1) is 18.4. The topological polar surface area (TPSA) is 157 Å². The molecule has 0 aromatic carbocycles. The van der Waals surface area contributed by atoms with E-state index in [1.807, 2.05) is 55.4 Å². The SMILES string of the molecule is CN[C@@H](CC(C)C)C(=O)N[C@@H](CC(C)C)C(=O)N[C@H](C)C(=O)N(C)[C@@H](CC(C)C)C(=O)N[C@@H](CC(C)C)C(=O)O. The number of amides is 4. The highest BCUT2D eigenvalue weighted by atomic mass is 16.4. The van der Waals surface area contributed by atoms with Crippen molar-refractivity contribution in [1.29, 1.82) is 0 Å². The third-order valence-corrected chi connectivity index (χ3v) is 6.58. The Morgan fingerprint density at radius 3 is 1.43 bits per heavy atom. The number of rotatable bonds is 18. The number of hydrogen-bond donors (Lipinski definition) is 5. The summed E-state index contributed by atoms with van der Waals surface area (Å²) in [4.78, 5) is 65.6. The van der Waals surface area contributed by atoms with Gasteiger partial charge in [-0.25, -0.2) is 4.79 Å². The highest BCUT2D eigenvalue weighted by Crippen LogP contribution is 2.15. The average Bonchev–Trinajstić information content (AvgIpc) is 2.82. The van der Waals surface area contributed by atoms with Crippen LogP contribution in [0, 0.1) is 23.7 Å². The Kier molecular flexibility index (Phi) is 16.7. The number of carboxylic acid groups (broad SMARTS) is 1. The second-order valence-corrected chi connectivity index (χ2v) is 12.5. The summed E-state index contributed by atoms with van der Waals surface area (Å²) in [5, 5.41) is 20.7. The maximum Gasteiger partial charge on any atom is 0.326 e. The van der Waals surface area contributed by atoms with Crippen LogP contribution in [0.1, 0.15) is 88.0 Å². The summed E-state index contributed by atoms with van der Waals surface area (Å²) in [6.07, 6.45) is 1.57. The Hall–Kier alpha value is -2.69. The standard InChI is InChI=1S/C29H55N5O6/c1-16(2)12-21(30-10)25(35)32-22(13-17(3)4)26(36)31-20(9)28(38)34(11)24(15-19(7)8)27(37)33-23(29(39)40)14-18(5)6/h16-24,30H,12-15H2,1-11H3,(H,31,36)(H,32,35)(H,33,37)(H,39,40)/t20-,21+,22+,23+,24+/m1/s1. The second-order valence-electron chi connectivity index (χ2n) is 12.5. The van der Waals surface area contributed by atoms with Crippen molar-refractivity contribution < 1.29 is 29.1 Å². The Labute approximate surface area is 241 Å². The molecule has 0 heterocycles. The van der Waals surface area contributed by atoms with E-state index in [1.165, 1.54) is 18.9 Å². The lowest BCUT2D eigenvalue weighted by atomic mass is 9.99. The first-order valence-electron chi connectivity index (χ1n) is 14.5. The third-order valence-electron chi connectivity index (χ3n) is 6.58. The molecule has 0 aromatic heterocycles. The van der Waals surface area contributed by atoms with E-state index in [2.05, 4.69) is 21.3 Å². The van der Waals surface area contributed by atoms with Crippen LogP contribution in [0.5, 0.6) is 0 Å². The summed E-state index contributed by atoms with van der Waals surface area (Å²) in [6.45, 7) is 17.0. The Morgan fingerprint density at radius 1 is 0.600 bits per heavy atom. The molecule has 0 aliphatic heterocycles. The molecule has 5 atom stereocenters. The molecule has 0 saturated carbocycles. The molecule has 11 nitrogen and oxygen atoms in total. The lowest BCUT2D eigenvalue weighted by Gasteiger charge is -2.32. The van der Waals surface area contributed by atoms with E-state index < -0.39 is 53.9 Å². The van der Waals surface area contributed by atoms with Crippen LogP contribution in [0.3, 0.4) is 0 Å². The third kappa shape index (κ3) is 13.6. The lowest BCUT2D eigenvalue weighted by Crippen LogP contribution is -2.58. The predicted octanol–water partition coefficient (Wildman–Crippen LogP) is 2.14. The van der Waals surface area contributed by atoms with Crippen LogP contribution >= 0.6 is 0 Å². The van der Waals surface area contributed by atoms with Gasteiger partial charge in [-0.1, -0.05) is 55.4 Å². The highest BCUT2D eigenvalue weighted by molar-refractivity contribution is 5.95. The van der Waals surface area contributed by atoms with E-state index >= 15 is 0 Å². The molecule has 0 aromatic rings. The maximum absolute atomic E-state index is 13.4. The molecular weight excluding hydrogens is 514 g/mol. The van der Waals surface area contributed by atoms with Gasteiger partial charge in [-0.3, -0.25) is 19.2 Å². The molecule has 5 N–H and O–H groups in total. The second kappa shape index (κ2) is 17.9. The molecule has 0 fully saturated rings. The molecule has 0 aliphatic carbocycles. The number of carboxylic acids is 1. The minimum absolute atomic E-state index is 0.0425. The number of nitrogens with zero attached hydrogens (tertiary/aromatic N) is 1. The van der Waals surface area contributed by atoms with Crippen molar-refractivity contribution in [1.82, 2.24) is 26.2 Å². The quantitative estimate of drug-likeness (QED) is 0.169. The largest absolute Gasteiger partial charge is 0.480 e. The summed E-state index contributed by atoms with van der Waals surface area (Å²) in [5.41, 5.74) is 0. The van der Waals surface area contributed by atoms with E-state index in [1.54, 1.807) is 7.05 Å². The van der Waals surface area contributed by atoms with E-state index in [0.29, 0.717) is 19.3 Å². The van der Waals surface area contributed by atoms with Crippen LogP contribution in [-0.2, 0) is 24.0 Å². The lowest BCUT2D eigenvalue weighted by molar-refractivity contribution is -0.145. The van der Waals surface area contributed by atoms with E-state index in [-0.39, 0.29) is 36.0 Å². The molecule has 11 heteroatoms. The fourth-order valence-corrected chi connectivity index (χ4v) is 4.49. The molecule has 0 unspecified atom stereocenters. The van der Waals surface area contributed by atoms with Crippen molar-refractivity contribution >= 4 is 29.6 Å². The predicted molar refractivity (Wildman–Crippen MR) is 156 cm³/mol. The highest BCUT2D eigenvalue weighted by Gasteiger charge is 2.34. The molecule has 0 spiro atoms. The van der Waals surface area contributed by atoms with Gasteiger partial charge in [-0.05, 0) is 63.3 Å². The van der Waals surface area contributed by atoms with Gasteiger partial charge in [0.1, 0.15) is 24.2 Å². The van der Waals surface area contributed by atoms with Crippen molar-refractivity contribution in [3.63, 3.8) is 0 Å². The van der Waals surface area contributed by atoms with Gasteiger partial charge in [0.15, 0.2) is 0 Å². The van der Waals surface area contributed by atoms with Crippen LogP contribution in [0.2, 0.25) is 0 Å². The normalized spacial score (nSPS) is 15.4. The number of nitrogens with one attached hydrogen (secondary N) is 4. The van der Waals surface area contributed by atoms with Crippen LogP contribution < -0.4 is 21.3 Å². The van der Waals surface area contributed by atoms with Crippen molar-refractivity contribution in [3.05, 3.63) is 0 Å². The van der Waals surface area contributed by atoms with Gasteiger partial charge in [-0.2, -0.15) is 0 Å².